The van der Waals surface area contributed by atoms with Crippen LogP contribution in [0.25, 0.3) is 0 Å². The Morgan fingerprint density at radius 3 is 2.42 bits per heavy atom. The Hall–Kier alpha value is -2.82. The first kappa shape index (κ1) is 22.9. The standard InChI is InChI=1S/C21H28N4O5S/c1-31(29,30)24-18-12-15(4-7-19(18)26)20(27)13-23-16-8-10-25(11-9-16)17-5-2-14(3-6-17)21(22)28/h2-7,12,16,20,23-24,26-27H,8-11,13H2,1H3,(H2,22,28)/t20-/m0/s1. The van der Waals surface area contributed by atoms with Crippen molar-refractivity contribution in [3.63, 3.8) is 0 Å². The van der Waals surface area contributed by atoms with E-state index in [1.165, 1.54) is 12.1 Å². The van der Waals surface area contributed by atoms with Crippen molar-refractivity contribution in [1.29, 1.82) is 0 Å². The molecule has 0 spiro atoms. The molecule has 9 nitrogen and oxygen atoms in total. The molecule has 0 aromatic heterocycles. The molecule has 0 radical (unpaired) electrons. The highest BCUT2D eigenvalue weighted by Gasteiger charge is 2.21. The van der Waals surface area contributed by atoms with E-state index in [1.54, 1.807) is 18.2 Å². The van der Waals surface area contributed by atoms with E-state index in [2.05, 4.69) is 14.9 Å². The molecule has 1 saturated heterocycles. The van der Waals surface area contributed by atoms with Crippen LogP contribution in [0.5, 0.6) is 5.75 Å². The highest BCUT2D eigenvalue weighted by atomic mass is 32.2. The number of nitrogens with two attached hydrogens (primary N) is 1. The summed E-state index contributed by atoms with van der Waals surface area (Å²) in [5, 5.41) is 23.7. The number of anilines is 2. The van der Waals surface area contributed by atoms with Crippen LogP contribution in [0.15, 0.2) is 42.5 Å². The van der Waals surface area contributed by atoms with Crippen LogP contribution >= 0.6 is 0 Å². The van der Waals surface area contributed by atoms with Gasteiger partial charge in [-0.3, -0.25) is 9.52 Å². The number of nitrogens with one attached hydrogen (secondary N) is 2. The van der Waals surface area contributed by atoms with Gasteiger partial charge >= 0.3 is 0 Å². The van der Waals surface area contributed by atoms with Crippen LogP contribution in [0.2, 0.25) is 0 Å². The maximum Gasteiger partial charge on any atom is 0.248 e. The second-order valence-electron chi connectivity index (χ2n) is 7.75. The minimum absolute atomic E-state index is 0.0368. The highest BCUT2D eigenvalue weighted by Crippen LogP contribution is 2.28. The number of hydrogen-bond acceptors (Lipinski definition) is 7. The van der Waals surface area contributed by atoms with Crippen molar-refractivity contribution in [1.82, 2.24) is 5.32 Å². The van der Waals surface area contributed by atoms with E-state index in [9.17, 15) is 23.4 Å². The Morgan fingerprint density at radius 2 is 1.84 bits per heavy atom. The molecule has 1 atom stereocenters. The number of primary amides is 1. The Bertz CT molecular complexity index is 1020. The van der Waals surface area contributed by atoms with Crippen LogP contribution in [-0.4, -0.2) is 56.5 Å². The predicted octanol–water partition coefficient (Wildman–Crippen LogP) is 1.15. The Morgan fingerprint density at radius 1 is 1.19 bits per heavy atom. The summed E-state index contributed by atoms with van der Waals surface area (Å²) in [5.74, 6) is -0.647. The summed E-state index contributed by atoms with van der Waals surface area (Å²) in [6, 6.07) is 11.8. The zero-order chi connectivity index (χ0) is 22.6. The number of rotatable bonds is 8. The SMILES string of the molecule is CS(=O)(=O)Nc1cc([C@@H](O)CNC2CCN(c3ccc(C(N)=O)cc3)CC2)ccc1O. The number of carbonyl (C=O) groups is 1. The topological polar surface area (TPSA) is 145 Å². The molecule has 1 fully saturated rings. The maximum atomic E-state index is 11.4. The third-order valence-corrected chi connectivity index (χ3v) is 5.90. The van der Waals surface area contributed by atoms with Crippen LogP contribution in [0.3, 0.4) is 0 Å². The number of phenolic OH excluding ortho intramolecular Hbond substituents is 1. The summed E-state index contributed by atoms with van der Waals surface area (Å²) in [6.07, 6.45) is 1.93. The Labute approximate surface area is 181 Å². The molecular weight excluding hydrogens is 420 g/mol. The normalized spacial score (nSPS) is 16.1. The van der Waals surface area contributed by atoms with Crippen molar-refractivity contribution in [2.24, 2.45) is 5.73 Å². The summed E-state index contributed by atoms with van der Waals surface area (Å²) in [4.78, 5) is 13.4. The van der Waals surface area contributed by atoms with E-state index in [1.807, 2.05) is 12.1 Å². The largest absolute Gasteiger partial charge is 0.506 e. The molecule has 2 aromatic rings. The van der Waals surface area contributed by atoms with Gasteiger partial charge in [-0.15, -0.1) is 0 Å². The van der Waals surface area contributed by atoms with Gasteiger partial charge in [-0.05, 0) is 54.8 Å². The number of aromatic hydroxyl groups is 1. The zero-order valence-corrected chi connectivity index (χ0v) is 18.1. The van der Waals surface area contributed by atoms with E-state index in [0.717, 1.165) is 37.9 Å². The Balaban J connectivity index is 1.51. The van der Waals surface area contributed by atoms with Gasteiger partial charge in [-0.2, -0.15) is 0 Å². The Kier molecular flexibility index (Phi) is 7.04. The summed E-state index contributed by atoms with van der Waals surface area (Å²) in [5.41, 5.74) is 7.34. The number of sulfonamides is 1. The lowest BCUT2D eigenvalue weighted by atomic mass is 10.0. The molecule has 1 amide bonds. The fourth-order valence-electron chi connectivity index (χ4n) is 3.62. The number of piperidine rings is 1. The summed E-state index contributed by atoms with van der Waals surface area (Å²) >= 11 is 0. The molecular formula is C21H28N4O5S. The predicted molar refractivity (Wildman–Crippen MR) is 120 cm³/mol. The second-order valence-corrected chi connectivity index (χ2v) is 9.50. The average molecular weight is 449 g/mol. The number of amides is 1. The number of aliphatic hydroxyl groups excluding tert-OH is 1. The lowest BCUT2D eigenvalue weighted by molar-refractivity contribution is 0.1000. The van der Waals surface area contributed by atoms with E-state index >= 15 is 0 Å². The van der Waals surface area contributed by atoms with E-state index in [0.29, 0.717) is 17.7 Å². The molecule has 0 saturated carbocycles. The van der Waals surface area contributed by atoms with Crippen LogP contribution in [0.1, 0.15) is 34.9 Å². The average Bonchev–Trinajstić information content (AvgIpc) is 2.73. The van der Waals surface area contributed by atoms with Gasteiger partial charge in [0.25, 0.3) is 0 Å². The van der Waals surface area contributed by atoms with Crippen molar-refractivity contribution in [3.8, 4) is 5.75 Å². The van der Waals surface area contributed by atoms with Crippen LogP contribution in [0.4, 0.5) is 11.4 Å². The molecule has 10 heteroatoms. The molecule has 0 aliphatic carbocycles. The van der Waals surface area contributed by atoms with Gasteiger partial charge < -0.3 is 26.2 Å². The zero-order valence-electron chi connectivity index (χ0n) is 17.3. The van der Waals surface area contributed by atoms with E-state index < -0.39 is 22.0 Å². The van der Waals surface area contributed by atoms with Gasteiger partial charge in [0.05, 0.1) is 18.0 Å². The minimum atomic E-state index is -3.54. The van der Waals surface area contributed by atoms with Crippen LogP contribution in [-0.2, 0) is 10.0 Å². The summed E-state index contributed by atoms with van der Waals surface area (Å²) in [6.45, 7) is 1.98. The third-order valence-electron chi connectivity index (χ3n) is 5.31. The number of hydrogen-bond donors (Lipinski definition) is 5. The van der Waals surface area contributed by atoms with Crippen molar-refractivity contribution in [2.75, 3.05) is 35.5 Å². The van der Waals surface area contributed by atoms with Gasteiger partial charge in [0.1, 0.15) is 5.75 Å². The molecule has 1 aliphatic heterocycles. The molecule has 168 valence electrons. The number of carbonyl (C=O) groups excluding carboxylic acids is 1. The molecule has 31 heavy (non-hydrogen) atoms. The van der Waals surface area contributed by atoms with Gasteiger partial charge in [-0.1, -0.05) is 6.07 Å². The summed E-state index contributed by atoms with van der Waals surface area (Å²) in [7, 11) is -3.54. The van der Waals surface area contributed by atoms with Gasteiger partial charge in [0, 0.05) is 36.9 Å². The molecule has 2 aromatic carbocycles. The van der Waals surface area contributed by atoms with Crippen molar-refractivity contribution in [3.05, 3.63) is 53.6 Å². The van der Waals surface area contributed by atoms with E-state index in [4.69, 9.17) is 5.73 Å². The van der Waals surface area contributed by atoms with Gasteiger partial charge in [0.15, 0.2) is 0 Å². The fourth-order valence-corrected chi connectivity index (χ4v) is 4.18. The highest BCUT2D eigenvalue weighted by molar-refractivity contribution is 7.92. The number of nitrogens with zero attached hydrogens (tertiary/aromatic N) is 1. The quantitative estimate of drug-likeness (QED) is 0.381. The number of phenols is 1. The first-order chi connectivity index (χ1) is 14.6. The molecule has 3 rings (SSSR count). The minimum Gasteiger partial charge on any atom is -0.506 e. The first-order valence-electron chi connectivity index (χ1n) is 9.99. The third kappa shape index (κ3) is 6.33. The lowest BCUT2D eigenvalue weighted by Crippen LogP contribution is -2.43. The first-order valence-corrected chi connectivity index (χ1v) is 11.9. The van der Waals surface area contributed by atoms with Crippen molar-refractivity contribution in [2.45, 2.75) is 25.0 Å². The molecule has 1 heterocycles. The maximum absolute atomic E-state index is 11.4. The fraction of sp³-hybridized carbons (Fsp3) is 0.381. The molecule has 6 N–H and O–H groups in total. The van der Waals surface area contributed by atoms with Gasteiger partial charge in [0.2, 0.25) is 15.9 Å². The lowest BCUT2D eigenvalue weighted by Gasteiger charge is -2.34. The van der Waals surface area contributed by atoms with Crippen LogP contribution < -0.4 is 20.7 Å². The smallest absolute Gasteiger partial charge is 0.248 e. The summed E-state index contributed by atoms with van der Waals surface area (Å²) < 4.78 is 25.1. The molecule has 1 aliphatic rings. The van der Waals surface area contributed by atoms with Gasteiger partial charge in [-0.25, -0.2) is 8.42 Å². The van der Waals surface area contributed by atoms with Crippen molar-refractivity contribution < 1.29 is 23.4 Å². The number of benzene rings is 2. The van der Waals surface area contributed by atoms with Crippen molar-refractivity contribution >= 4 is 27.3 Å². The molecule has 0 bridgehead atoms. The molecule has 0 unspecified atom stereocenters. The monoisotopic (exact) mass is 448 g/mol. The van der Waals surface area contributed by atoms with E-state index in [-0.39, 0.29) is 17.5 Å². The number of aliphatic hydroxyl groups is 1. The van der Waals surface area contributed by atoms with Crippen LogP contribution in [0, 0.1) is 0 Å². The second kappa shape index (κ2) is 9.54.